The Morgan fingerprint density at radius 2 is 1.55 bits per heavy atom. The van der Waals surface area contributed by atoms with E-state index in [4.69, 9.17) is 4.74 Å². The first-order valence-corrected chi connectivity index (χ1v) is 6.79. The van der Waals surface area contributed by atoms with E-state index in [0.717, 1.165) is 11.3 Å². The van der Waals surface area contributed by atoms with Crippen LogP contribution in [0.25, 0.3) is 0 Å². The molecule has 0 spiro atoms. The third-order valence-electron chi connectivity index (χ3n) is 3.46. The topological polar surface area (TPSA) is 41.5 Å². The van der Waals surface area contributed by atoms with Gasteiger partial charge in [-0.1, -0.05) is 24.3 Å². The molecule has 3 nitrogen and oxygen atoms in total. The van der Waals surface area contributed by atoms with Crippen LogP contribution in [0.2, 0.25) is 0 Å². The molecule has 2 aromatic carbocycles. The van der Waals surface area contributed by atoms with Crippen molar-refractivity contribution in [2.24, 2.45) is 0 Å². The average molecular weight is 271 g/mol. The molecule has 0 aliphatic heterocycles. The Morgan fingerprint density at radius 3 is 2.15 bits per heavy atom. The predicted molar refractivity (Wildman–Crippen MR) is 81.1 cm³/mol. The van der Waals surface area contributed by atoms with E-state index in [0.29, 0.717) is 5.75 Å². The summed E-state index contributed by atoms with van der Waals surface area (Å²) in [7, 11) is 1.67. The highest BCUT2D eigenvalue weighted by atomic mass is 16.5. The fourth-order valence-electron chi connectivity index (χ4n) is 2.27. The summed E-state index contributed by atoms with van der Waals surface area (Å²) in [6, 6.07) is 15.7. The highest BCUT2D eigenvalue weighted by Crippen LogP contribution is 2.23. The van der Waals surface area contributed by atoms with E-state index in [1.165, 1.54) is 5.56 Å². The number of aromatic hydroxyl groups is 1. The second-order valence-corrected chi connectivity index (χ2v) is 4.98. The molecule has 106 valence electrons. The quantitative estimate of drug-likeness (QED) is 0.868. The predicted octanol–water partition coefficient (Wildman–Crippen LogP) is 3.81. The van der Waals surface area contributed by atoms with E-state index in [2.05, 4.69) is 25.2 Å². The number of phenols is 1. The van der Waals surface area contributed by atoms with Gasteiger partial charge in [-0.05, 0) is 49.2 Å². The molecule has 20 heavy (non-hydrogen) atoms. The van der Waals surface area contributed by atoms with Crippen molar-refractivity contribution >= 4 is 0 Å². The molecule has 2 rings (SSSR count). The lowest BCUT2D eigenvalue weighted by Gasteiger charge is -2.21. The molecule has 2 atom stereocenters. The van der Waals surface area contributed by atoms with Gasteiger partial charge in [-0.25, -0.2) is 0 Å². The SMILES string of the molecule is COc1cccc([C@H](C)NC(C)c2cccc(O)c2)c1. The van der Waals surface area contributed by atoms with Crippen LogP contribution in [0.5, 0.6) is 11.5 Å². The second kappa shape index (κ2) is 6.44. The Morgan fingerprint density at radius 1 is 0.950 bits per heavy atom. The Balaban J connectivity index is 2.08. The molecule has 0 bridgehead atoms. The van der Waals surface area contributed by atoms with E-state index in [-0.39, 0.29) is 12.1 Å². The van der Waals surface area contributed by atoms with Gasteiger partial charge in [0.05, 0.1) is 7.11 Å². The minimum absolute atomic E-state index is 0.156. The van der Waals surface area contributed by atoms with Gasteiger partial charge in [-0.15, -0.1) is 0 Å². The van der Waals surface area contributed by atoms with Crippen molar-refractivity contribution in [2.45, 2.75) is 25.9 Å². The van der Waals surface area contributed by atoms with Crippen LogP contribution in [0.1, 0.15) is 37.1 Å². The summed E-state index contributed by atoms with van der Waals surface area (Å²) in [5.41, 5.74) is 2.25. The van der Waals surface area contributed by atoms with Crippen LogP contribution in [0.4, 0.5) is 0 Å². The van der Waals surface area contributed by atoms with E-state index in [9.17, 15) is 5.11 Å². The van der Waals surface area contributed by atoms with Crippen molar-refractivity contribution in [2.75, 3.05) is 7.11 Å². The summed E-state index contributed by atoms with van der Waals surface area (Å²) in [6.07, 6.45) is 0. The molecule has 0 radical (unpaired) electrons. The Labute approximate surface area is 120 Å². The normalized spacial score (nSPS) is 13.8. The van der Waals surface area contributed by atoms with Gasteiger partial charge in [0.2, 0.25) is 0 Å². The molecule has 0 saturated carbocycles. The number of ether oxygens (including phenoxy) is 1. The molecule has 0 heterocycles. The van der Waals surface area contributed by atoms with E-state index >= 15 is 0 Å². The van der Waals surface area contributed by atoms with E-state index < -0.39 is 0 Å². The van der Waals surface area contributed by atoms with Crippen molar-refractivity contribution in [3.05, 3.63) is 59.7 Å². The smallest absolute Gasteiger partial charge is 0.119 e. The monoisotopic (exact) mass is 271 g/mol. The molecule has 0 aliphatic carbocycles. The second-order valence-electron chi connectivity index (χ2n) is 4.98. The lowest BCUT2D eigenvalue weighted by Crippen LogP contribution is -2.22. The van der Waals surface area contributed by atoms with Gasteiger partial charge in [0.1, 0.15) is 11.5 Å². The third kappa shape index (κ3) is 3.52. The maximum atomic E-state index is 9.54. The molecule has 0 aliphatic rings. The highest BCUT2D eigenvalue weighted by Gasteiger charge is 2.12. The van der Waals surface area contributed by atoms with Crippen LogP contribution >= 0.6 is 0 Å². The van der Waals surface area contributed by atoms with Crippen molar-refractivity contribution in [3.8, 4) is 11.5 Å². The van der Waals surface area contributed by atoms with Crippen molar-refractivity contribution in [1.29, 1.82) is 0 Å². The zero-order valence-corrected chi connectivity index (χ0v) is 12.1. The molecular weight excluding hydrogens is 250 g/mol. The summed E-state index contributed by atoms with van der Waals surface area (Å²) in [4.78, 5) is 0. The van der Waals surface area contributed by atoms with Gasteiger partial charge in [0, 0.05) is 12.1 Å². The molecule has 2 aromatic rings. The van der Waals surface area contributed by atoms with Crippen molar-refractivity contribution < 1.29 is 9.84 Å². The van der Waals surface area contributed by atoms with Gasteiger partial charge < -0.3 is 15.2 Å². The van der Waals surface area contributed by atoms with Crippen LogP contribution in [0.15, 0.2) is 48.5 Å². The molecule has 1 unspecified atom stereocenters. The number of hydrogen-bond acceptors (Lipinski definition) is 3. The maximum absolute atomic E-state index is 9.54. The van der Waals surface area contributed by atoms with Crippen LogP contribution in [0.3, 0.4) is 0 Å². The molecule has 0 saturated heterocycles. The van der Waals surface area contributed by atoms with E-state index in [1.807, 2.05) is 30.3 Å². The fourth-order valence-corrected chi connectivity index (χ4v) is 2.27. The third-order valence-corrected chi connectivity index (χ3v) is 3.46. The van der Waals surface area contributed by atoms with Crippen molar-refractivity contribution in [1.82, 2.24) is 5.32 Å². The van der Waals surface area contributed by atoms with Gasteiger partial charge in [0.25, 0.3) is 0 Å². The van der Waals surface area contributed by atoms with Gasteiger partial charge in [0.15, 0.2) is 0 Å². The first-order chi connectivity index (χ1) is 9.60. The van der Waals surface area contributed by atoms with Gasteiger partial charge in [-0.3, -0.25) is 0 Å². The molecule has 3 heteroatoms. The van der Waals surface area contributed by atoms with Crippen LogP contribution in [-0.2, 0) is 0 Å². The van der Waals surface area contributed by atoms with Crippen molar-refractivity contribution in [3.63, 3.8) is 0 Å². The number of nitrogens with one attached hydrogen (secondary N) is 1. The highest BCUT2D eigenvalue weighted by molar-refractivity contribution is 5.32. The van der Waals surface area contributed by atoms with Gasteiger partial charge >= 0.3 is 0 Å². The lowest BCUT2D eigenvalue weighted by atomic mass is 10.0. The molecular formula is C17H21NO2. The Bertz CT molecular complexity index is 568. The lowest BCUT2D eigenvalue weighted by molar-refractivity contribution is 0.412. The average Bonchev–Trinajstić information content (AvgIpc) is 2.47. The summed E-state index contributed by atoms with van der Waals surface area (Å²) < 4.78 is 5.25. The zero-order chi connectivity index (χ0) is 14.5. The molecule has 0 amide bonds. The Kier molecular flexibility index (Phi) is 4.64. The minimum atomic E-state index is 0.156. The van der Waals surface area contributed by atoms with Crippen LogP contribution < -0.4 is 10.1 Å². The van der Waals surface area contributed by atoms with Gasteiger partial charge in [-0.2, -0.15) is 0 Å². The summed E-state index contributed by atoms with van der Waals surface area (Å²) in [5.74, 6) is 1.16. The van der Waals surface area contributed by atoms with Crippen LogP contribution in [0, 0.1) is 0 Å². The van der Waals surface area contributed by atoms with Crippen LogP contribution in [-0.4, -0.2) is 12.2 Å². The molecule has 0 fully saturated rings. The first-order valence-electron chi connectivity index (χ1n) is 6.79. The minimum Gasteiger partial charge on any atom is -0.508 e. The standard InChI is InChI=1S/C17H21NO2/c1-12(14-6-4-8-16(19)10-14)18-13(2)15-7-5-9-17(11-15)20-3/h4-13,18-19H,1-3H3/t12?,13-/m0/s1. The zero-order valence-electron chi connectivity index (χ0n) is 12.1. The number of rotatable bonds is 5. The summed E-state index contributed by atoms with van der Waals surface area (Å²) >= 11 is 0. The largest absolute Gasteiger partial charge is 0.508 e. The van der Waals surface area contributed by atoms with E-state index in [1.54, 1.807) is 19.2 Å². The Hall–Kier alpha value is -2.00. The number of phenolic OH excluding ortho intramolecular Hbond substituents is 1. The summed E-state index contributed by atoms with van der Waals surface area (Å²) in [5, 5.41) is 13.1. The molecule has 0 aromatic heterocycles. The maximum Gasteiger partial charge on any atom is 0.119 e. The number of benzene rings is 2. The summed E-state index contributed by atoms with van der Waals surface area (Å²) in [6.45, 7) is 4.21. The number of methoxy groups -OCH3 is 1. The first kappa shape index (κ1) is 14.4. The fraction of sp³-hybridized carbons (Fsp3) is 0.294. The number of hydrogen-bond donors (Lipinski definition) is 2. The molecule has 2 N–H and O–H groups in total.